The monoisotopic (exact) mass is 263 g/mol. The fourth-order valence-electron chi connectivity index (χ4n) is 1.29. The zero-order chi connectivity index (χ0) is 14.4. The van der Waals surface area contributed by atoms with Gasteiger partial charge in [-0.2, -0.15) is 0 Å². The maximum absolute atomic E-state index is 11.5. The first-order valence-corrected chi connectivity index (χ1v) is 6.25. The quantitative estimate of drug-likeness (QED) is 0.851. The van der Waals surface area contributed by atoms with Crippen molar-refractivity contribution >= 4 is 23.2 Å². The Morgan fingerprint density at radius 2 is 1.63 bits per heavy atom. The molecule has 0 saturated heterocycles. The summed E-state index contributed by atoms with van der Waals surface area (Å²) in [7, 11) is 3.43. The Morgan fingerprint density at radius 3 is 2.11 bits per heavy atom. The van der Waals surface area contributed by atoms with Crippen molar-refractivity contribution in [2.75, 3.05) is 31.3 Å². The molecule has 19 heavy (non-hydrogen) atoms. The lowest BCUT2D eigenvalue weighted by molar-refractivity contribution is -0.126. The standard InChI is InChI=1S/C14H21N3O2/c1-10(2)14(19)16-12-7-5-11(6-8-12)15-9-13(18)17(3)4/h5-8,10,15H,9H2,1-4H3,(H,16,19). The number of benzene rings is 1. The third-order valence-electron chi connectivity index (χ3n) is 2.62. The van der Waals surface area contributed by atoms with Crippen LogP contribution in [0.1, 0.15) is 13.8 Å². The highest BCUT2D eigenvalue weighted by Crippen LogP contribution is 2.14. The van der Waals surface area contributed by atoms with Gasteiger partial charge in [-0.05, 0) is 24.3 Å². The topological polar surface area (TPSA) is 61.4 Å². The highest BCUT2D eigenvalue weighted by Gasteiger charge is 2.07. The van der Waals surface area contributed by atoms with Crippen molar-refractivity contribution in [2.45, 2.75) is 13.8 Å². The van der Waals surface area contributed by atoms with Crippen molar-refractivity contribution in [1.29, 1.82) is 0 Å². The molecule has 0 fully saturated rings. The molecule has 0 aromatic heterocycles. The molecule has 5 heteroatoms. The molecule has 1 aromatic rings. The number of anilines is 2. The van der Waals surface area contributed by atoms with E-state index in [0.29, 0.717) is 0 Å². The number of amides is 2. The normalized spacial score (nSPS) is 10.2. The number of carbonyl (C=O) groups is 2. The lowest BCUT2D eigenvalue weighted by Gasteiger charge is -2.12. The molecule has 0 heterocycles. The van der Waals surface area contributed by atoms with Crippen LogP contribution in [0.15, 0.2) is 24.3 Å². The van der Waals surface area contributed by atoms with Crippen molar-refractivity contribution in [1.82, 2.24) is 4.90 Å². The average molecular weight is 263 g/mol. The summed E-state index contributed by atoms with van der Waals surface area (Å²) in [6.07, 6.45) is 0. The molecule has 5 nitrogen and oxygen atoms in total. The number of likely N-dealkylation sites (N-methyl/N-ethyl adjacent to an activating group) is 1. The van der Waals surface area contributed by atoms with Crippen molar-refractivity contribution in [2.24, 2.45) is 5.92 Å². The molecule has 0 atom stereocenters. The predicted octanol–water partition coefficient (Wildman–Crippen LogP) is 1.78. The van der Waals surface area contributed by atoms with E-state index in [9.17, 15) is 9.59 Å². The molecule has 1 aromatic carbocycles. The summed E-state index contributed by atoms with van der Waals surface area (Å²) >= 11 is 0. The van der Waals surface area contributed by atoms with Crippen LogP contribution in [0.2, 0.25) is 0 Å². The molecule has 0 spiro atoms. The van der Waals surface area contributed by atoms with Crippen LogP contribution in [-0.2, 0) is 9.59 Å². The molecule has 104 valence electrons. The van der Waals surface area contributed by atoms with Gasteiger partial charge in [0, 0.05) is 31.4 Å². The molecular formula is C14H21N3O2. The van der Waals surface area contributed by atoms with Gasteiger partial charge < -0.3 is 15.5 Å². The van der Waals surface area contributed by atoms with Crippen LogP contribution in [0.3, 0.4) is 0 Å². The molecular weight excluding hydrogens is 242 g/mol. The Labute approximate surface area is 114 Å². The van der Waals surface area contributed by atoms with E-state index in [4.69, 9.17) is 0 Å². The summed E-state index contributed by atoms with van der Waals surface area (Å²) in [5, 5.41) is 5.83. The third-order valence-corrected chi connectivity index (χ3v) is 2.62. The van der Waals surface area contributed by atoms with Gasteiger partial charge in [-0.15, -0.1) is 0 Å². The van der Waals surface area contributed by atoms with E-state index in [-0.39, 0.29) is 24.3 Å². The van der Waals surface area contributed by atoms with Gasteiger partial charge in [0.25, 0.3) is 0 Å². The van der Waals surface area contributed by atoms with E-state index in [0.717, 1.165) is 11.4 Å². The number of hydrogen-bond donors (Lipinski definition) is 2. The van der Waals surface area contributed by atoms with Crippen molar-refractivity contribution in [3.63, 3.8) is 0 Å². The molecule has 1 rings (SSSR count). The van der Waals surface area contributed by atoms with Gasteiger partial charge in [0.05, 0.1) is 6.54 Å². The molecule has 0 aliphatic carbocycles. The maximum Gasteiger partial charge on any atom is 0.241 e. The van der Waals surface area contributed by atoms with Crippen LogP contribution < -0.4 is 10.6 Å². The van der Waals surface area contributed by atoms with Crippen LogP contribution in [0.4, 0.5) is 11.4 Å². The molecule has 0 bridgehead atoms. The van der Waals surface area contributed by atoms with Gasteiger partial charge in [-0.1, -0.05) is 13.8 Å². The van der Waals surface area contributed by atoms with Crippen molar-refractivity contribution in [3.8, 4) is 0 Å². The summed E-state index contributed by atoms with van der Waals surface area (Å²) in [6, 6.07) is 7.28. The van der Waals surface area contributed by atoms with Crippen LogP contribution in [0.5, 0.6) is 0 Å². The SMILES string of the molecule is CC(C)C(=O)Nc1ccc(NCC(=O)N(C)C)cc1. The van der Waals surface area contributed by atoms with E-state index in [2.05, 4.69) is 10.6 Å². The van der Waals surface area contributed by atoms with Gasteiger partial charge in [-0.25, -0.2) is 0 Å². The molecule has 0 aliphatic rings. The first kappa shape index (κ1) is 15.0. The Bertz CT molecular complexity index is 439. The Kier molecular flexibility index (Phi) is 5.36. The predicted molar refractivity (Wildman–Crippen MR) is 77.1 cm³/mol. The summed E-state index contributed by atoms with van der Waals surface area (Å²) in [6.45, 7) is 3.95. The Morgan fingerprint density at radius 1 is 1.11 bits per heavy atom. The number of nitrogens with one attached hydrogen (secondary N) is 2. The largest absolute Gasteiger partial charge is 0.376 e. The Hall–Kier alpha value is -2.04. The number of carbonyl (C=O) groups excluding carboxylic acids is 2. The smallest absolute Gasteiger partial charge is 0.241 e. The number of rotatable bonds is 5. The second kappa shape index (κ2) is 6.78. The minimum Gasteiger partial charge on any atom is -0.376 e. The van der Waals surface area contributed by atoms with Crippen LogP contribution >= 0.6 is 0 Å². The molecule has 0 aliphatic heterocycles. The Balaban J connectivity index is 2.52. The van der Waals surface area contributed by atoms with E-state index in [1.165, 1.54) is 4.90 Å². The molecule has 2 N–H and O–H groups in total. The zero-order valence-corrected chi connectivity index (χ0v) is 11.9. The first-order chi connectivity index (χ1) is 8.90. The molecule has 0 saturated carbocycles. The summed E-state index contributed by atoms with van der Waals surface area (Å²) in [4.78, 5) is 24.5. The molecule has 0 radical (unpaired) electrons. The second-order valence-electron chi connectivity index (χ2n) is 4.86. The van der Waals surface area contributed by atoms with Crippen LogP contribution in [0.25, 0.3) is 0 Å². The zero-order valence-electron chi connectivity index (χ0n) is 11.9. The fourth-order valence-corrected chi connectivity index (χ4v) is 1.29. The summed E-state index contributed by atoms with van der Waals surface area (Å²) in [5.41, 5.74) is 1.60. The van der Waals surface area contributed by atoms with Crippen LogP contribution in [-0.4, -0.2) is 37.4 Å². The number of hydrogen-bond acceptors (Lipinski definition) is 3. The minimum absolute atomic E-state index is 0.0107. The van der Waals surface area contributed by atoms with Gasteiger partial charge >= 0.3 is 0 Å². The lowest BCUT2D eigenvalue weighted by Crippen LogP contribution is -2.28. The second-order valence-corrected chi connectivity index (χ2v) is 4.86. The highest BCUT2D eigenvalue weighted by molar-refractivity contribution is 5.92. The van der Waals surface area contributed by atoms with Gasteiger partial charge in [0.2, 0.25) is 11.8 Å². The van der Waals surface area contributed by atoms with E-state index < -0.39 is 0 Å². The number of nitrogens with zero attached hydrogens (tertiary/aromatic N) is 1. The maximum atomic E-state index is 11.5. The third kappa shape index (κ3) is 4.99. The average Bonchev–Trinajstić information content (AvgIpc) is 2.37. The van der Waals surface area contributed by atoms with Gasteiger partial charge in [0.1, 0.15) is 0 Å². The van der Waals surface area contributed by atoms with Crippen LogP contribution in [0, 0.1) is 5.92 Å². The van der Waals surface area contributed by atoms with E-state index in [1.54, 1.807) is 14.1 Å². The molecule has 0 unspecified atom stereocenters. The van der Waals surface area contributed by atoms with Crippen molar-refractivity contribution in [3.05, 3.63) is 24.3 Å². The minimum atomic E-state index is -0.0458. The van der Waals surface area contributed by atoms with Gasteiger partial charge in [0.15, 0.2) is 0 Å². The van der Waals surface area contributed by atoms with E-state index in [1.807, 2.05) is 38.1 Å². The highest BCUT2D eigenvalue weighted by atomic mass is 16.2. The molecule has 2 amide bonds. The lowest BCUT2D eigenvalue weighted by atomic mass is 10.2. The van der Waals surface area contributed by atoms with Crippen molar-refractivity contribution < 1.29 is 9.59 Å². The summed E-state index contributed by atoms with van der Waals surface area (Å²) in [5.74, 6) is -0.0452. The fraction of sp³-hybridized carbons (Fsp3) is 0.429. The van der Waals surface area contributed by atoms with E-state index >= 15 is 0 Å². The first-order valence-electron chi connectivity index (χ1n) is 6.25. The van der Waals surface area contributed by atoms with Gasteiger partial charge in [-0.3, -0.25) is 9.59 Å². The summed E-state index contributed by atoms with van der Waals surface area (Å²) < 4.78 is 0.